The fraction of sp³-hybridized carbons (Fsp3) is 0.706. The third-order valence-corrected chi connectivity index (χ3v) is 4.64. The molecule has 2 atom stereocenters. The fourth-order valence-electron chi connectivity index (χ4n) is 3.29. The molecule has 0 bridgehead atoms. The van der Waals surface area contributed by atoms with E-state index >= 15 is 0 Å². The van der Waals surface area contributed by atoms with E-state index in [1.807, 2.05) is 16.9 Å². The van der Waals surface area contributed by atoms with Gasteiger partial charge in [-0.2, -0.15) is 5.10 Å². The molecule has 1 saturated heterocycles. The summed E-state index contributed by atoms with van der Waals surface area (Å²) >= 11 is 0. The highest BCUT2D eigenvalue weighted by atomic mass is 16.4. The van der Waals surface area contributed by atoms with Crippen LogP contribution in [0.1, 0.15) is 33.1 Å². The number of likely N-dealkylation sites (tertiary alicyclic amines) is 1. The van der Waals surface area contributed by atoms with E-state index in [4.69, 9.17) is 5.11 Å². The van der Waals surface area contributed by atoms with E-state index in [1.165, 1.54) is 0 Å². The van der Waals surface area contributed by atoms with Gasteiger partial charge < -0.3 is 15.3 Å². The lowest BCUT2D eigenvalue weighted by molar-refractivity contribution is -0.137. The molecule has 1 fully saturated rings. The lowest BCUT2D eigenvalue weighted by Gasteiger charge is -2.23. The average Bonchev–Trinajstić information content (AvgIpc) is 3.14. The molecule has 0 aromatic carbocycles. The number of aryl methyl sites for hydroxylation is 1. The van der Waals surface area contributed by atoms with Crippen molar-refractivity contribution in [3.8, 4) is 0 Å². The number of nitrogens with one attached hydrogen (secondary N) is 1. The number of amides is 1. The number of nitrogens with zero attached hydrogens (tertiary/aromatic N) is 3. The Bertz CT molecular complexity index is 530. The number of aromatic nitrogens is 2. The first-order valence-corrected chi connectivity index (χ1v) is 8.66. The predicted molar refractivity (Wildman–Crippen MR) is 90.4 cm³/mol. The van der Waals surface area contributed by atoms with Gasteiger partial charge in [-0.1, -0.05) is 13.8 Å². The van der Waals surface area contributed by atoms with Crippen molar-refractivity contribution in [2.24, 2.45) is 11.8 Å². The Balaban J connectivity index is 1.77. The van der Waals surface area contributed by atoms with E-state index in [-0.39, 0.29) is 18.4 Å². The SMILES string of the molecule is CC(C)[C@@H]1CN(CCC(=O)O)C[C@H]1NC(=O)CCCn1cccn1. The summed E-state index contributed by atoms with van der Waals surface area (Å²) < 4.78 is 1.83. The van der Waals surface area contributed by atoms with Gasteiger partial charge in [0.25, 0.3) is 0 Å². The van der Waals surface area contributed by atoms with Crippen LogP contribution in [0.2, 0.25) is 0 Å². The van der Waals surface area contributed by atoms with Crippen molar-refractivity contribution < 1.29 is 14.7 Å². The van der Waals surface area contributed by atoms with E-state index < -0.39 is 5.97 Å². The Hall–Kier alpha value is -1.89. The lowest BCUT2D eigenvalue weighted by atomic mass is 9.91. The molecule has 7 heteroatoms. The Morgan fingerprint density at radius 3 is 2.71 bits per heavy atom. The minimum Gasteiger partial charge on any atom is -0.481 e. The van der Waals surface area contributed by atoms with Crippen LogP contribution < -0.4 is 5.32 Å². The van der Waals surface area contributed by atoms with Gasteiger partial charge >= 0.3 is 5.97 Å². The summed E-state index contributed by atoms with van der Waals surface area (Å²) in [7, 11) is 0. The molecule has 2 heterocycles. The maximum atomic E-state index is 12.2. The molecular weight excluding hydrogens is 308 g/mol. The van der Waals surface area contributed by atoms with Gasteiger partial charge in [0.15, 0.2) is 0 Å². The molecule has 7 nitrogen and oxygen atoms in total. The lowest BCUT2D eigenvalue weighted by Crippen LogP contribution is -2.42. The minimum absolute atomic E-state index is 0.0675. The van der Waals surface area contributed by atoms with Crippen LogP contribution in [0.3, 0.4) is 0 Å². The molecule has 0 radical (unpaired) electrons. The summed E-state index contributed by atoms with van der Waals surface area (Å²) in [6.45, 7) is 7.18. The summed E-state index contributed by atoms with van der Waals surface area (Å²) in [6.07, 6.45) is 5.02. The molecular formula is C17H28N4O3. The van der Waals surface area contributed by atoms with Crippen LogP contribution in [0.4, 0.5) is 0 Å². The highest BCUT2D eigenvalue weighted by Gasteiger charge is 2.35. The molecule has 0 saturated carbocycles. The maximum absolute atomic E-state index is 12.2. The average molecular weight is 336 g/mol. The van der Waals surface area contributed by atoms with Crippen molar-refractivity contribution in [2.45, 2.75) is 45.7 Å². The molecule has 0 aliphatic carbocycles. The minimum atomic E-state index is -0.776. The van der Waals surface area contributed by atoms with Crippen molar-refractivity contribution in [3.63, 3.8) is 0 Å². The van der Waals surface area contributed by atoms with Crippen molar-refractivity contribution in [3.05, 3.63) is 18.5 Å². The summed E-state index contributed by atoms with van der Waals surface area (Å²) in [6, 6.07) is 1.98. The second-order valence-corrected chi connectivity index (χ2v) is 6.86. The molecule has 0 unspecified atom stereocenters. The standard InChI is InChI=1S/C17H28N4O3/c1-13(2)14-11-20(10-6-17(23)24)12-15(14)19-16(22)5-3-8-21-9-4-7-18-21/h4,7,9,13-15H,3,5-6,8,10-12H2,1-2H3,(H,19,22)(H,23,24)/t14-,15+/m0/s1. The molecule has 1 aliphatic rings. The zero-order valence-corrected chi connectivity index (χ0v) is 14.5. The van der Waals surface area contributed by atoms with Gasteiger partial charge in [-0.3, -0.25) is 14.3 Å². The smallest absolute Gasteiger partial charge is 0.304 e. The topological polar surface area (TPSA) is 87.5 Å². The van der Waals surface area contributed by atoms with Crippen LogP contribution >= 0.6 is 0 Å². The zero-order valence-electron chi connectivity index (χ0n) is 14.5. The van der Waals surface area contributed by atoms with Crippen LogP contribution in [-0.2, 0) is 16.1 Å². The first-order valence-electron chi connectivity index (χ1n) is 8.66. The van der Waals surface area contributed by atoms with Gasteiger partial charge in [0.1, 0.15) is 0 Å². The molecule has 1 aromatic rings. The van der Waals surface area contributed by atoms with Crippen LogP contribution in [0.15, 0.2) is 18.5 Å². The Kier molecular flexibility index (Phi) is 6.78. The number of carbonyl (C=O) groups excluding carboxylic acids is 1. The fourth-order valence-corrected chi connectivity index (χ4v) is 3.29. The summed E-state index contributed by atoms with van der Waals surface area (Å²) in [5, 5.41) is 16.1. The van der Waals surface area contributed by atoms with Crippen molar-refractivity contribution in [1.29, 1.82) is 0 Å². The van der Waals surface area contributed by atoms with Gasteiger partial charge in [0, 0.05) is 51.0 Å². The van der Waals surface area contributed by atoms with E-state index in [0.29, 0.717) is 24.8 Å². The third-order valence-electron chi connectivity index (χ3n) is 4.64. The second-order valence-electron chi connectivity index (χ2n) is 6.86. The maximum Gasteiger partial charge on any atom is 0.304 e. The summed E-state index contributed by atoms with van der Waals surface area (Å²) in [4.78, 5) is 25.1. The molecule has 0 spiro atoms. The normalized spacial score (nSPS) is 21.3. The van der Waals surface area contributed by atoms with E-state index in [2.05, 4.69) is 29.2 Å². The quantitative estimate of drug-likeness (QED) is 0.708. The number of rotatable bonds is 9. The van der Waals surface area contributed by atoms with Gasteiger partial charge in [0.05, 0.1) is 6.42 Å². The monoisotopic (exact) mass is 336 g/mol. The number of carbonyl (C=O) groups is 2. The van der Waals surface area contributed by atoms with Crippen molar-refractivity contribution in [2.75, 3.05) is 19.6 Å². The molecule has 1 amide bonds. The van der Waals surface area contributed by atoms with E-state index in [1.54, 1.807) is 6.20 Å². The zero-order chi connectivity index (χ0) is 17.5. The first kappa shape index (κ1) is 18.4. The van der Waals surface area contributed by atoms with E-state index in [0.717, 1.165) is 26.1 Å². The largest absolute Gasteiger partial charge is 0.481 e. The number of hydrogen-bond acceptors (Lipinski definition) is 4. The Morgan fingerprint density at radius 1 is 1.29 bits per heavy atom. The number of carboxylic acid groups (broad SMARTS) is 1. The number of hydrogen-bond donors (Lipinski definition) is 2. The van der Waals surface area contributed by atoms with Gasteiger partial charge in [-0.15, -0.1) is 0 Å². The molecule has 1 aromatic heterocycles. The van der Waals surface area contributed by atoms with Crippen molar-refractivity contribution in [1.82, 2.24) is 20.0 Å². The molecule has 2 rings (SSSR count). The number of aliphatic carboxylic acids is 1. The molecule has 134 valence electrons. The van der Waals surface area contributed by atoms with Crippen LogP contribution in [-0.4, -0.2) is 57.3 Å². The second kappa shape index (κ2) is 8.82. The molecule has 1 aliphatic heterocycles. The van der Waals surface area contributed by atoms with Crippen LogP contribution in [0.25, 0.3) is 0 Å². The molecule has 24 heavy (non-hydrogen) atoms. The third kappa shape index (κ3) is 5.63. The van der Waals surface area contributed by atoms with Crippen LogP contribution in [0, 0.1) is 11.8 Å². The first-order chi connectivity index (χ1) is 11.5. The summed E-state index contributed by atoms with van der Waals surface area (Å²) in [5.41, 5.74) is 0. The van der Waals surface area contributed by atoms with Gasteiger partial charge in [0.2, 0.25) is 5.91 Å². The van der Waals surface area contributed by atoms with E-state index in [9.17, 15) is 9.59 Å². The van der Waals surface area contributed by atoms with Gasteiger partial charge in [-0.05, 0) is 24.3 Å². The predicted octanol–water partition coefficient (Wildman–Crippen LogP) is 1.21. The highest BCUT2D eigenvalue weighted by molar-refractivity contribution is 5.76. The Labute approximate surface area is 143 Å². The molecule has 2 N–H and O–H groups in total. The number of carboxylic acids is 1. The van der Waals surface area contributed by atoms with Crippen LogP contribution in [0.5, 0.6) is 0 Å². The highest BCUT2D eigenvalue weighted by Crippen LogP contribution is 2.24. The van der Waals surface area contributed by atoms with Gasteiger partial charge in [-0.25, -0.2) is 0 Å². The Morgan fingerprint density at radius 2 is 2.08 bits per heavy atom. The summed E-state index contributed by atoms with van der Waals surface area (Å²) in [5.74, 6) is 0.114. The van der Waals surface area contributed by atoms with Crippen molar-refractivity contribution >= 4 is 11.9 Å².